The van der Waals surface area contributed by atoms with Crippen molar-refractivity contribution in [3.8, 4) is 17.2 Å². The van der Waals surface area contributed by atoms with Crippen LogP contribution >= 0.6 is 0 Å². The summed E-state index contributed by atoms with van der Waals surface area (Å²) in [4.78, 5) is 3.86. The minimum Gasteiger partial charge on any atom is -0.383 e. The predicted octanol–water partition coefficient (Wildman–Crippen LogP) is 2.65. The Kier molecular flexibility index (Phi) is 2.75. The molecule has 1 aromatic heterocycles. The molecule has 17 heavy (non-hydrogen) atoms. The van der Waals surface area contributed by atoms with Gasteiger partial charge in [-0.25, -0.2) is 9.37 Å². The third kappa shape index (κ3) is 1.95. The number of nitrogens with two attached hydrogens (primary N) is 1. The molecule has 3 nitrogen and oxygen atoms in total. The lowest BCUT2D eigenvalue weighted by atomic mass is 10.00. The Morgan fingerprint density at radius 3 is 2.76 bits per heavy atom. The normalized spacial score (nSPS) is 9.94. The van der Waals surface area contributed by atoms with E-state index in [4.69, 9.17) is 11.0 Å². The van der Waals surface area contributed by atoms with Crippen molar-refractivity contribution in [1.29, 1.82) is 5.26 Å². The van der Waals surface area contributed by atoms with E-state index in [1.165, 1.54) is 12.3 Å². The standard InChI is InChI=1S/C13H10FN3/c1-8-6-9(2-3-12(8)14)10-4-5-17-13(16)11(10)7-15/h2-6H,1H3,(H2,16,17). The molecule has 0 amide bonds. The molecule has 0 saturated heterocycles. The number of rotatable bonds is 1. The van der Waals surface area contributed by atoms with Gasteiger partial charge in [-0.15, -0.1) is 0 Å². The van der Waals surface area contributed by atoms with Crippen LogP contribution in [0.1, 0.15) is 11.1 Å². The van der Waals surface area contributed by atoms with Crippen LogP contribution in [-0.4, -0.2) is 4.98 Å². The van der Waals surface area contributed by atoms with Crippen molar-refractivity contribution in [2.24, 2.45) is 0 Å². The Bertz CT molecular complexity index is 615. The van der Waals surface area contributed by atoms with E-state index in [1.54, 1.807) is 25.1 Å². The maximum Gasteiger partial charge on any atom is 0.141 e. The number of nitrogens with zero attached hydrogens (tertiary/aromatic N) is 2. The van der Waals surface area contributed by atoms with Gasteiger partial charge in [-0.05, 0) is 36.2 Å². The number of aromatic nitrogens is 1. The van der Waals surface area contributed by atoms with Gasteiger partial charge in [0.25, 0.3) is 0 Å². The summed E-state index contributed by atoms with van der Waals surface area (Å²) in [7, 11) is 0. The Morgan fingerprint density at radius 2 is 2.12 bits per heavy atom. The van der Waals surface area contributed by atoms with Crippen molar-refractivity contribution in [3.05, 3.63) is 47.4 Å². The second-order valence-corrected chi connectivity index (χ2v) is 3.69. The summed E-state index contributed by atoms with van der Waals surface area (Å²) in [5.41, 5.74) is 7.91. The molecule has 0 radical (unpaired) electrons. The number of nitriles is 1. The zero-order valence-electron chi connectivity index (χ0n) is 9.24. The van der Waals surface area contributed by atoms with Gasteiger partial charge in [-0.2, -0.15) is 5.26 Å². The maximum atomic E-state index is 13.2. The largest absolute Gasteiger partial charge is 0.383 e. The lowest BCUT2D eigenvalue weighted by Gasteiger charge is -2.07. The number of hydrogen-bond donors (Lipinski definition) is 1. The van der Waals surface area contributed by atoms with Crippen molar-refractivity contribution in [3.63, 3.8) is 0 Å². The van der Waals surface area contributed by atoms with Crippen molar-refractivity contribution < 1.29 is 4.39 Å². The fraction of sp³-hybridized carbons (Fsp3) is 0.0769. The first-order valence-electron chi connectivity index (χ1n) is 5.04. The van der Waals surface area contributed by atoms with Gasteiger partial charge in [0, 0.05) is 11.8 Å². The van der Waals surface area contributed by atoms with Crippen LogP contribution in [0.4, 0.5) is 10.2 Å². The topological polar surface area (TPSA) is 62.7 Å². The van der Waals surface area contributed by atoms with E-state index in [0.29, 0.717) is 16.7 Å². The summed E-state index contributed by atoms with van der Waals surface area (Å²) >= 11 is 0. The van der Waals surface area contributed by atoms with Gasteiger partial charge in [0.05, 0.1) is 0 Å². The number of pyridine rings is 1. The van der Waals surface area contributed by atoms with E-state index in [-0.39, 0.29) is 11.6 Å². The minimum absolute atomic E-state index is 0.187. The Morgan fingerprint density at radius 1 is 1.35 bits per heavy atom. The van der Waals surface area contributed by atoms with E-state index < -0.39 is 0 Å². The zero-order valence-corrected chi connectivity index (χ0v) is 9.24. The first kappa shape index (κ1) is 11.1. The average molecular weight is 227 g/mol. The third-order valence-electron chi connectivity index (χ3n) is 2.56. The van der Waals surface area contributed by atoms with E-state index in [9.17, 15) is 4.39 Å². The van der Waals surface area contributed by atoms with Gasteiger partial charge in [-0.1, -0.05) is 6.07 Å². The summed E-state index contributed by atoms with van der Waals surface area (Å²) in [5, 5.41) is 9.04. The maximum absolute atomic E-state index is 13.2. The molecular weight excluding hydrogens is 217 g/mol. The molecule has 1 heterocycles. The van der Waals surface area contributed by atoms with Gasteiger partial charge in [0.15, 0.2) is 0 Å². The number of benzene rings is 1. The summed E-state index contributed by atoms with van der Waals surface area (Å²) in [6.45, 7) is 1.68. The third-order valence-corrected chi connectivity index (χ3v) is 2.56. The highest BCUT2D eigenvalue weighted by Crippen LogP contribution is 2.27. The van der Waals surface area contributed by atoms with Crippen molar-refractivity contribution in [1.82, 2.24) is 4.98 Å². The van der Waals surface area contributed by atoms with E-state index in [2.05, 4.69) is 4.98 Å². The van der Waals surface area contributed by atoms with Crippen molar-refractivity contribution in [2.75, 3.05) is 5.73 Å². The quantitative estimate of drug-likeness (QED) is 0.814. The van der Waals surface area contributed by atoms with Crippen LogP contribution in [-0.2, 0) is 0 Å². The Balaban J connectivity index is 2.65. The second kappa shape index (κ2) is 4.22. The van der Waals surface area contributed by atoms with Gasteiger partial charge in [-0.3, -0.25) is 0 Å². The molecule has 1 aromatic carbocycles. The van der Waals surface area contributed by atoms with Gasteiger partial charge in [0.2, 0.25) is 0 Å². The van der Waals surface area contributed by atoms with Crippen LogP contribution in [0.5, 0.6) is 0 Å². The summed E-state index contributed by atoms with van der Waals surface area (Å²) in [5.74, 6) is -0.0822. The van der Waals surface area contributed by atoms with Gasteiger partial charge < -0.3 is 5.73 Å². The monoisotopic (exact) mass is 227 g/mol. The smallest absolute Gasteiger partial charge is 0.141 e. The molecule has 0 aliphatic heterocycles. The summed E-state index contributed by atoms with van der Waals surface area (Å²) < 4.78 is 13.2. The molecule has 0 aliphatic rings. The van der Waals surface area contributed by atoms with Crippen LogP contribution in [0, 0.1) is 24.1 Å². The van der Waals surface area contributed by atoms with E-state index in [0.717, 1.165) is 5.56 Å². The highest BCUT2D eigenvalue weighted by atomic mass is 19.1. The number of nitrogen functional groups attached to an aromatic ring is 1. The predicted molar refractivity (Wildman–Crippen MR) is 63.5 cm³/mol. The van der Waals surface area contributed by atoms with Crippen LogP contribution in [0.3, 0.4) is 0 Å². The molecular formula is C13H10FN3. The average Bonchev–Trinajstić information content (AvgIpc) is 2.32. The number of hydrogen-bond acceptors (Lipinski definition) is 3. The fourth-order valence-corrected chi connectivity index (χ4v) is 1.65. The molecule has 0 aliphatic carbocycles. The van der Waals surface area contributed by atoms with Crippen LogP contribution in [0.25, 0.3) is 11.1 Å². The summed E-state index contributed by atoms with van der Waals surface area (Å²) in [6.07, 6.45) is 1.53. The molecule has 0 spiro atoms. The van der Waals surface area contributed by atoms with Crippen molar-refractivity contribution >= 4 is 5.82 Å². The van der Waals surface area contributed by atoms with E-state index in [1.807, 2.05) is 6.07 Å². The van der Waals surface area contributed by atoms with Gasteiger partial charge >= 0.3 is 0 Å². The van der Waals surface area contributed by atoms with Gasteiger partial charge in [0.1, 0.15) is 23.3 Å². The SMILES string of the molecule is Cc1cc(-c2ccnc(N)c2C#N)ccc1F. The lowest BCUT2D eigenvalue weighted by Crippen LogP contribution is -1.97. The fourth-order valence-electron chi connectivity index (χ4n) is 1.65. The number of aryl methyl sites for hydroxylation is 1. The lowest BCUT2D eigenvalue weighted by molar-refractivity contribution is 0.619. The molecule has 84 valence electrons. The molecule has 2 rings (SSSR count). The zero-order chi connectivity index (χ0) is 12.4. The van der Waals surface area contributed by atoms with Crippen LogP contribution in [0.2, 0.25) is 0 Å². The van der Waals surface area contributed by atoms with Crippen LogP contribution in [0.15, 0.2) is 30.5 Å². The molecule has 4 heteroatoms. The molecule has 0 atom stereocenters. The highest BCUT2D eigenvalue weighted by molar-refractivity contribution is 5.75. The van der Waals surface area contributed by atoms with Crippen LogP contribution < -0.4 is 5.73 Å². The number of anilines is 1. The number of halogens is 1. The molecule has 2 N–H and O–H groups in total. The minimum atomic E-state index is -0.269. The summed E-state index contributed by atoms with van der Waals surface area (Å²) in [6, 6.07) is 8.40. The Labute approximate surface area is 98.3 Å². The second-order valence-electron chi connectivity index (χ2n) is 3.69. The first-order valence-corrected chi connectivity index (χ1v) is 5.04. The molecule has 0 bridgehead atoms. The van der Waals surface area contributed by atoms with Crippen molar-refractivity contribution in [2.45, 2.75) is 6.92 Å². The molecule has 0 saturated carbocycles. The highest BCUT2D eigenvalue weighted by Gasteiger charge is 2.09. The molecule has 2 aromatic rings. The van der Waals surface area contributed by atoms with E-state index >= 15 is 0 Å². The Hall–Kier alpha value is -2.41. The molecule has 0 unspecified atom stereocenters. The molecule has 0 fully saturated rings. The first-order chi connectivity index (χ1) is 8.13.